The zero-order chi connectivity index (χ0) is 18.8. The summed E-state index contributed by atoms with van der Waals surface area (Å²) in [5.74, 6) is -1.50. The number of aromatic carboxylic acids is 1. The van der Waals surface area contributed by atoms with Crippen LogP contribution in [0.1, 0.15) is 42.1 Å². The molecule has 1 atom stereocenters. The highest BCUT2D eigenvalue weighted by Gasteiger charge is 2.40. The van der Waals surface area contributed by atoms with Crippen molar-refractivity contribution in [3.63, 3.8) is 0 Å². The number of rotatable bonds is 5. The summed E-state index contributed by atoms with van der Waals surface area (Å²) in [5.41, 5.74) is 1.24. The van der Waals surface area contributed by atoms with Crippen LogP contribution >= 0.6 is 0 Å². The normalized spacial score (nSPS) is 17.0. The highest BCUT2D eigenvalue weighted by molar-refractivity contribution is 6.22. The molecule has 2 aromatic carbocycles. The highest BCUT2D eigenvalue weighted by atomic mass is 16.5. The van der Waals surface area contributed by atoms with Crippen LogP contribution in [0.15, 0.2) is 48.5 Å². The molecule has 0 radical (unpaired) electrons. The van der Waals surface area contributed by atoms with E-state index in [1.165, 1.54) is 24.3 Å². The smallest absolute Gasteiger partial charge is 0.335 e. The molecule has 3 rings (SSSR count). The summed E-state index contributed by atoms with van der Waals surface area (Å²) in [6, 6.07) is 12.9. The molecule has 0 saturated carbocycles. The van der Waals surface area contributed by atoms with Crippen molar-refractivity contribution in [2.24, 2.45) is 0 Å². The van der Waals surface area contributed by atoms with Crippen molar-refractivity contribution < 1.29 is 24.2 Å². The van der Waals surface area contributed by atoms with Gasteiger partial charge in [-0.15, -0.1) is 0 Å². The topological polar surface area (TPSA) is 83.9 Å². The molecule has 1 aliphatic heterocycles. The molecule has 2 aromatic rings. The van der Waals surface area contributed by atoms with Gasteiger partial charge in [-0.1, -0.05) is 12.1 Å². The minimum absolute atomic E-state index is 0.0554. The summed E-state index contributed by atoms with van der Waals surface area (Å²) in [4.78, 5) is 37.2. The van der Waals surface area contributed by atoms with Gasteiger partial charge in [0.1, 0.15) is 5.75 Å². The van der Waals surface area contributed by atoms with Gasteiger partial charge in [0.05, 0.1) is 23.3 Å². The number of hydrogen-bond donors (Lipinski definition) is 1. The number of carbonyl (C=O) groups is 3. The molecule has 26 heavy (non-hydrogen) atoms. The third kappa shape index (κ3) is 3.44. The number of carboxylic acid groups (broad SMARTS) is 1. The van der Waals surface area contributed by atoms with Crippen molar-refractivity contribution >= 4 is 23.5 Å². The van der Waals surface area contributed by atoms with Crippen LogP contribution in [0.4, 0.5) is 5.69 Å². The van der Waals surface area contributed by atoms with Crippen molar-refractivity contribution in [1.82, 2.24) is 0 Å². The number of anilines is 1. The van der Waals surface area contributed by atoms with E-state index in [0.29, 0.717) is 11.4 Å². The van der Waals surface area contributed by atoms with Crippen LogP contribution in [0.2, 0.25) is 0 Å². The van der Waals surface area contributed by atoms with Gasteiger partial charge in [0.2, 0.25) is 11.8 Å². The predicted octanol–water partition coefficient (Wildman–Crippen LogP) is 3.22. The lowest BCUT2D eigenvalue weighted by Gasteiger charge is -2.16. The fraction of sp³-hybridized carbons (Fsp3) is 0.250. The number of carbonyl (C=O) groups excluding carboxylic acids is 2. The molecule has 2 amide bonds. The Morgan fingerprint density at radius 2 is 1.69 bits per heavy atom. The van der Waals surface area contributed by atoms with Crippen LogP contribution in [0.25, 0.3) is 0 Å². The Morgan fingerprint density at radius 3 is 2.23 bits per heavy atom. The van der Waals surface area contributed by atoms with Gasteiger partial charge in [0.25, 0.3) is 0 Å². The van der Waals surface area contributed by atoms with Gasteiger partial charge in [0.15, 0.2) is 0 Å². The van der Waals surface area contributed by atoms with Gasteiger partial charge < -0.3 is 9.84 Å². The van der Waals surface area contributed by atoms with Crippen LogP contribution in [0.3, 0.4) is 0 Å². The second kappa shape index (κ2) is 7.00. The monoisotopic (exact) mass is 353 g/mol. The number of hydrogen-bond acceptors (Lipinski definition) is 4. The summed E-state index contributed by atoms with van der Waals surface area (Å²) in [6.45, 7) is 3.86. The van der Waals surface area contributed by atoms with Gasteiger partial charge in [-0.3, -0.25) is 14.5 Å². The van der Waals surface area contributed by atoms with E-state index < -0.39 is 11.9 Å². The summed E-state index contributed by atoms with van der Waals surface area (Å²) >= 11 is 0. The molecular formula is C20H19NO5. The van der Waals surface area contributed by atoms with Crippen molar-refractivity contribution in [2.45, 2.75) is 32.3 Å². The van der Waals surface area contributed by atoms with Gasteiger partial charge in [-0.2, -0.15) is 0 Å². The van der Waals surface area contributed by atoms with Crippen molar-refractivity contribution in [2.75, 3.05) is 4.90 Å². The molecule has 1 fully saturated rings. The van der Waals surface area contributed by atoms with Crippen LogP contribution in [-0.2, 0) is 9.59 Å². The minimum Gasteiger partial charge on any atom is -0.491 e. The SMILES string of the molecule is CC(C)Oc1ccc([C@H]2CC(=O)N(c3ccc(C(=O)O)cc3)C2=O)cc1. The van der Waals surface area contributed by atoms with Crippen LogP contribution in [-0.4, -0.2) is 29.0 Å². The van der Waals surface area contributed by atoms with Crippen LogP contribution in [0.5, 0.6) is 5.75 Å². The van der Waals surface area contributed by atoms with Crippen molar-refractivity contribution in [3.8, 4) is 5.75 Å². The molecule has 0 aliphatic carbocycles. The largest absolute Gasteiger partial charge is 0.491 e. The first kappa shape index (κ1) is 17.7. The maximum absolute atomic E-state index is 12.8. The minimum atomic E-state index is -1.06. The lowest BCUT2D eigenvalue weighted by Crippen LogP contribution is -2.30. The van der Waals surface area contributed by atoms with Crippen LogP contribution in [0, 0.1) is 0 Å². The van der Waals surface area contributed by atoms with E-state index >= 15 is 0 Å². The average molecular weight is 353 g/mol. The first-order valence-electron chi connectivity index (χ1n) is 8.33. The number of ether oxygens (including phenoxy) is 1. The molecule has 134 valence electrons. The summed E-state index contributed by atoms with van der Waals surface area (Å²) in [7, 11) is 0. The molecule has 0 bridgehead atoms. The summed E-state index contributed by atoms with van der Waals surface area (Å²) in [5, 5.41) is 8.95. The van der Waals surface area contributed by atoms with E-state index in [-0.39, 0.29) is 29.9 Å². The van der Waals surface area contributed by atoms with Gasteiger partial charge in [0, 0.05) is 6.42 Å². The molecule has 0 aromatic heterocycles. The van der Waals surface area contributed by atoms with Gasteiger partial charge in [-0.25, -0.2) is 4.79 Å². The lowest BCUT2D eigenvalue weighted by molar-refractivity contribution is -0.121. The Hall–Kier alpha value is -3.15. The molecule has 0 unspecified atom stereocenters. The third-order valence-electron chi connectivity index (χ3n) is 4.17. The van der Waals surface area contributed by atoms with E-state index in [1.807, 2.05) is 13.8 Å². The number of amides is 2. The number of carboxylic acids is 1. The quantitative estimate of drug-likeness (QED) is 0.835. The molecular weight excluding hydrogens is 334 g/mol. The molecule has 6 heteroatoms. The maximum Gasteiger partial charge on any atom is 0.335 e. The second-order valence-electron chi connectivity index (χ2n) is 6.41. The van der Waals surface area contributed by atoms with E-state index in [9.17, 15) is 14.4 Å². The van der Waals surface area contributed by atoms with Gasteiger partial charge >= 0.3 is 5.97 Å². The number of imide groups is 1. The molecule has 6 nitrogen and oxygen atoms in total. The first-order chi connectivity index (χ1) is 12.4. The fourth-order valence-electron chi connectivity index (χ4n) is 2.97. The maximum atomic E-state index is 12.8. The van der Waals surface area contributed by atoms with E-state index in [2.05, 4.69) is 0 Å². The Labute approximate surface area is 151 Å². The van der Waals surface area contributed by atoms with E-state index in [1.54, 1.807) is 24.3 Å². The lowest BCUT2D eigenvalue weighted by atomic mass is 9.97. The highest BCUT2D eigenvalue weighted by Crippen LogP contribution is 2.34. The molecule has 1 saturated heterocycles. The Kier molecular flexibility index (Phi) is 4.75. The average Bonchev–Trinajstić information content (AvgIpc) is 2.89. The Morgan fingerprint density at radius 1 is 1.08 bits per heavy atom. The number of nitrogens with zero attached hydrogens (tertiary/aromatic N) is 1. The zero-order valence-electron chi connectivity index (χ0n) is 14.5. The van der Waals surface area contributed by atoms with Crippen molar-refractivity contribution in [1.29, 1.82) is 0 Å². The zero-order valence-corrected chi connectivity index (χ0v) is 14.5. The van der Waals surface area contributed by atoms with E-state index in [4.69, 9.17) is 9.84 Å². The predicted molar refractivity (Wildman–Crippen MR) is 95.5 cm³/mol. The Balaban J connectivity index is 1.81. The molecule has 1 heterocycles. The summed E-state index contributed by atoms with van der Waals surface area (Å²) in [6.07, 6.45) is 0.143. The second-order valence-corrected chi connectivity index (χ2v) is 6.41. The Bertz CT molecular complexity index is 840. The molecule has 1 N–H and O–H groups in total. The summed E-state index contributed by atoms with van der Waals surface area (Å²) < 4.78 is 5.59. The third-order valence-corrected chi connectivity index (χ3v) is 4.17. The van der Waals surface area contributed by atoms with Gasteiger partial charge in [-0.05, 0) is 55.8 Å². The van der Waals surface area contributed by atoms with Crippen molar-refractivity contribution in [3.05, 3.63) is 59.7 Å². The number of benzene rings is 2. The van der Waals surface area contributed by atoms with Crippen LogP contribution < -0.4 is 9.64 Å². The molecule has 0 spiro atoms. The fourth-order valence-corrected chi connectivity index (χ4v) is 2.97. The first-order valence-corrected chi connectivity index (χ1v) is 8.33. The standard InChI is InChI=1S/C20H19NO5/c1-12(2)26-16-9-5-13(6-10-16)17-11-18(22)21(19(17)23)15-7-3-14(4-8-15)20(24)25/h3-10,12,17H,11H2,1-2H3,(H,24,25)/t17-/m1/s1. The van der Waals surface area contributed by atoms with E-state index in [0.717, 1.165) is 10.5 Å². The molecule has 1 aliphatic rings.